The van der Waals surface area contributed by atoms with Gasteiger partial charge in [-0.2, -0.15) is 0 Å². The van der Waals surface area contributed by atoms with Crippen LogP contribution in [0.1, 0.15) is 18.4 Å². The Morgan fingerprint density at radius 1 is 1.25 bits per heavy atom. The predicted octanol–water partition coefficient (Wildman–Crippen LogP) is 2.39. The fraction of sp³-hybridized carbons (Fsp3) is 0.417. The molecule has 1 radical (unpaired) electrons. The molecule has 0 amide bonds. The van der Waals surface area contributed by atoms with Crippen LogP contribution in [-0.4, -0.2) is 22.9 Å². The maximum atomic E-state index is 10.8. The van der Waals surface area contributed by atoms with E-state index in [1.165, 1.54) is 0 Å². The van der Waals surface area contributed by atoms with E-state index in [1.54, 1.807) is 12.1 Å². The highest BCUT2D eigenvalue weighted by Gasteiger charge is 2.16. The summed E-state index contributed by atoms with van der Waals surface area (Å²) in [5.41, 5.74) is 1.05. The average molecular weight is 219 g/mol. The van der Waals surface area contributed by atoms with Crippen molar-refractivity contribution >= 4 is 5.69 Å². The smallest absolute Gasteiger partial charge is 0.273 e. The van der Waals surface area contributed by atoms with Crippen LogP contribution in [0.25, 0.3) is 0 Å². The summed E-state index contributed by atoms with van der Waals surface area (Å²) in [6.07, 6.45) is 4.44. The third-order valence-corrected chi connectivity index (χ3v) is 2.88. The maximum absolute atomic E-state index is 10.8. The molecule has 4 nitrogen and oxygen atoms in total. The van der Waals surface area contributed by atoms with Crippen LogP contribution in [0.5, 0.6) is 0 Å². The Labute approximate surface area is 95.0 Å². The summed E-state index contributed by atoms with van der Waals surface area (Å²) in [6.45, 7) is 2.70. The van der Waals surface area contributed by atoms with Gasteiger partial charge < -0.3 is 0 Å². The summed E-state index contributed by atoms with van der Waals surface area (Å²) in [4.78, 5) is 12.8. The average Bonchev–Trinajstić information content (AvgIpc) is 2.31. The molecule has 0 aliphatic carbocycles. The van der Waals surface area contributed by atoms with Gasteiger partial charge in [0.1, 0.15) is 0 Å². The molecule has 2 rings (SSSR count). The quantitative estimate of drug-likeness (QED) is 0.579. The fourth-order valence-corrected chi connectivity index (χ4v) is 2.03. The minimum atomic E-state index is -0.300. The van der Waals surface area contributed by atoms with Gasteiger partial charge in [-0.05, 0) is 32.4 Å². The molecule has 1 aliphatic rings. The predicted molar refractivity (Wildman–Crippen MR) is 61.9 cm³/mol. The summed E-state index contributed by atoms with van der Waals surface area (Å²) in [6, 6.07) is 6.99. The van der Waals surface area contributed by atoms with Crippen molar-refractivity contribution in [2.24, 2.45) is 0 Å². The van der Waals surface area contributed by atoms with E-state index >= 15 is 0 Å². The van der Waals surface area contributed by atoms with E-state index in [1.807, 2.05) is 12.1 Å². The van der Waals surface area contributed by atoms with Crippen LogP contribution in [-0.2, 0) is 6.54 Å². The van der Waals surface area contributed by atoms with Crippen LogP contribution in [0.15, 0.2) is 24.3 Å². The lowest BCUT2D eigenvalue weighted by Gasteiger charge is -2.26. The lowest BCUT2D eigenvalue weighted by atomic mass is 10.1. The molecule has 1 heterocycles. The number of hydrogen-bond donors (Lipinski definition) is 0. The van der Waals surface area contributed by atoms with Crippen LogP contribution in [0.2, 0.25) is 0 Å². The topological polar surface area (TPSA) is 46.4 Å². The molecule has 1 aliphatic heterocycles. The second-order valence-corrected chi connectivity index (χ2v) is 4.03. The molecule has 1 aromatic rings. The molecule has 4 heteroatoms. The summed E-state index contributed by atoms with van der Waals surface area (Å²) in [5.74, 6) is 0. The number of nitro groups is 1. The first kappa shape index (κ1) is 11.1. The first-order valence-electron chi connectivity index (χ1n) is 5.53. The van der Waals surface area contributed by atoms with Crippen molar-refractivity contribution in [1.29, 1.82) is 0 Å². The SMILES string of the molecule is O=[N+]([O-])c1ccccc1CN1CC[CH]CC1. The molecule has 0 unspecified atom stereocenters. The molecular formula is C12H15N2O2. The van der Waals surface area contributed by atoms with Gasteiger partial charge in [0.15, 0.2) is 0 Å². The zero-order valence-electron chi connectivity index (χ0n) is 9.13. The lowest BCUT2D eigenvalue weighted by molar-refractivity contribution is -0.385. The van der Waals surface area contributed by atoms with Crippen molar-refractivity contribution in [3.8, 4) is 0 Å². The molecule has 16 heavy (non-hydrogen) atoms. The maximum Gasteiger partial charge on any atom is 0.273 e. The van der Waals surface area contributed by atoms with E-state index in [9.17, 15) is 10.1 Å². The highest BCUT2D eigenvalue weighted by Crippen LogP contribution is 2.21. The molecule has 0 spiro atoms. The number of hydrogen-bond acceptors (Lipinski definition) is 3. The molecular weight excluding hydrogens is 204 g/mol. The van der Waals surface area contributed by atoms with E-state index < -0.39 is 0 Å². The molecule has 0 aromatic heterocycles. The van der Waals surface area contributed by atoms with Crippen molar-refractivity contribution in [3.63, 3.8) is 0 Å². The normalized spacial score (nSPS) is 17.2. The standard InChI is InChI=1S/C12H15N2O2/c15-14(16)12-7-3-2-6-11(12)10-13-8-4-1-5-9-13/h1-3,6-7H,4-5,8-10H2. The Morgan fingerprint density at radius 3 is 2.62 bits per heavy atom. The highest BCUT2D eigenvalue weighted by molar-refractivity contribution is 5.39. The van der Waals surface area contributed by atoms with Crippen molar-refractivity contribution in [2.45, 2.75) is 19.4 Å². The summed E-state index contributed by atoms with van der Waals surface area (Å²) < 4.78 is 0. The number of likely N-dealkylation sites (tertiary alicyclic amines) is 1. The first-order chi connectivity index (χ1) is 7.77. The third kappa shape index (κ3) is 2.58. The van der Waals surface area contributed by atoms with Crippen LogP contribution < -0.4 is 0 Å². The lowest BCUT2D eigenvalue weighted by Crippen LogP contribution is -2.29. The molecule has 0 N–H and O–H groups in total. The van der Waals surface area contributed by atoms with Gasteiger partial charge >= 0.3 is 0 Å². The van der Waals surface area contributed by atoms with E-state index in [0.29, 0.717) is 6.54 Å². The molecule has 0 atom stereocenters. The Hall–Kier alpha value is -1.42. The molecule has 1 fully saturated rings. The summed E-state index contributed by atoms with van der Waals surface area (Å²) >= 11 is 0. The van der Waals surface area contributed by atoms with Crippen LogP contribution in [0.4, 0.5) is 5.69 Å². The second kappa shape index (κ2) is 5.07. The van der Waals surface area contributed by atoms with Crippen molar-refractivity contribution in [1.82, 2.24) is 4.90 Å². The number of rotatable bonds is 3. The highest BCUT2D eigenvalue weighted by atomic mass is 16.6. The van der Waals surface area contributed by atoms with Gasteiger partial charge in [-0.25, -0.2) is 0 Å². The van der Waals surface area contributed by atoms with E-state index in [4.69, 9.17) is 0 Å². The van der Waals surface area contributed by atoms with Gasteiger partial charge in [-0.3, -0.25) is 15.0 Å². The van der Waals surface area contributed by atoms with Crippen molar-refractivity contribution in [3.05, 3.63) is 46.4 Å². The third-order valence-electron chi connectivity index (χ3n) is 2.88. The number of nitrogens with zero attached hydrogens (tertiary/aromatic N) is 2. The first-order valence-corrected chi connectivity index (χ1v) is 5.53. The zero-order chi connectivity index (χ0) is 11.4. The van der Waals surface area contributed by atoms with Gasteiger partial charge in [-0.15, -0.1) is 0 Å². The Kier molecular flexibility index (Phi) is 3.51. The van der Waals surface area contributed by atoms with Gasteiger partial charge in [0.25, 0.3) is 5.69 Å². The minimum Gasteiger partial charge on any atom is -0.299 e. The van der Waals surface area contributed by atoms with Gasteiger partial charge in [0.05, 0.1) is 4.92 Å². The van der Waals surface area contributed by atoms with E-state index in [0.717, 1.165) is 31.5 Å². The number of piperidine rings is 1. The molecule has 1 aromatic carbocycles. The number of benzene rings is 1. The monoisotopic (exact) mass is 219 g/mol. The Balaban J connectivity index is 2.10. The summed E-state index contributed by atoms with van der Waals surface area (Å²) in [5, 5.41) is 10.8. The number of para-hydroxylation sites is 1. The molecule has 85 valence electrons. The molecule has 1 saturated heterocycles. The van der Waals surface area contributed by atoms with Gasteiger partial charge in [0, 0.05) is 18.2 Å². The fourth-order valence-electron chi connectivity index (χ4n) is 2.03. The largest absolute Gasteiger partial charge is 0.299 e. The molecule has 0 saturated carbocycles. The second-order valence-electron chi connectivity index (χ2n) is 4.03. The Bertz CT molecular complexity index is 373. The Morgan fingerprint density at radius 2 is 1.94 bits per heavy atom. The van der Waals surface area contributed by atoms with Crippen LogP contribution >= 0.6 is 0 Å². The van der Waals surface area contributed by atoms with Gasteiger partial charge in [-0.1, -0.05) is 18.2 Å². The van der Waals surface area contributed by atoms with Crippen molar-refractivity contribution < 1.29 is 4.92 Å². The van der Waals surface area contributed by atoms with E-state index in [-0.39, 0.29) is 10.6 Å². The molecule has 0 bridgehead atoms. The van der Waals surface area contributed by atoms with Crippen LogP contribution in [0.3, 0.4) is 0 Å². The van der Waals surface area contributed by atoms with E-state index in [2.05, 4.69) is 11.3 Å². The van der Waals surface area contributed by atoms with Gasteiger partial charge in [0.2, 0.25) is 0 Å². The summed E-state index contributed by atoms with van der Waals surface area (Å²) in [7, 11) is 0. The zero-order valence-corrected chi connectivity index (χ0v) is 9.13. The van der Waals surface area contributed by atoms with Crippen molar-refractivity contribution in [2.75, 3.05) is 13.1 Å². The minimum absolute atomic E-state index is 0.233. The van der Waals surface area contributed by atoms with Crippen LogP contribution in [0, 0.1) is 16.5 Å². The number of nitro benzene ring substituents is 1.